The number of carbonyl (C=O) groups excluding carboxylic acids is 1. The van der Waals surface area contributed by atoms with E-state index in [1.807, 2.05) is 6.07 Å². The number of benzene rings is 1. The van der Waals surface area contributed by atoms with Gasteiger partial charge in [-0.05, 0) is 142 Å². The van der Waals surface area contributed by atoms with Crippen LogP contribution < -0.4 is 5.32 Å². The summed E-state index contributed by atoms with van der Waals surface area (Å²) in [5.74, 6) is 58.1. The zero-order chi connectivity index (χ0) is 42.3. The van der Waals surface area contributed by atoms with Crippen molar-refractivity contribution in [2.24, 2.45) is 0 Å². The standard InChI is InChI=1S/C47H38NO9P/c1-7-8-9-10-11-12-13-14-15-16-17-18-19-20-21-22-23-24-25-26-27-28-32-35-45(50)48-44(46(41(4)49)56-40(2)3)39-55-58(51,53-36-42-33-30-29-31-34-42)54-38-43-37-52-47(5,6)57-43/h29-31,33-34,40-41,43-44,46,49H,36-39H2,1-6H3,(H,48,50)/t41-,43-,44+,46-,58?/m1/s1. The predicted molar refractivity (Wildman–Crippen MR) is 218 cm³/mol. The van der Waals surface area contributed by atoms with Gasteiger partial charge >= 0.3 is 7.82 Å². The molecule has 1 heterocycles. The van der Waals surface area contributed by atoms with E-state index in [4.69, 9.17) is 27.8 Å². The normalized spacial score (nSPS) is 14.7. The van der Waals surface area contributed by atoms with Gasteiger partial charge in [-0.15, -0.1) is 0 Å². The van der Waals surface area contributed by atoms with Crippen molar-refractivity contribution in [3.05, 3.63) is 35.9 Å². The van der Waals surface area contributed by atoms with E-state index >= 15 is 0 Å². The maximum atomic E-state index is 13.9. The first-order chi connectivity index (χ1) is 27.9. The number of phosphoric acid groups is 1. The largest absolute Gasteiger partial charge is 0.475 e. The molecule has 2 N–H and O–H groups in total. The van der Waals surface area contributed by atoms with Crippen LogP contribution in [0.4, 0.5) is 0 Å². The molecule has 11 heteroatoms. The first-order valence-electron chi connectivity index (χ1n) is 17.4. The van der Waals surface area contributed by atoms with Gasteiger partial charge in [-0.2, -0.15) is 0 Å². The maximum Gasteiger partial charge on any atom is 0.475 e. The van der Waals surface area contributed by atoms with E-state index in [-0.39, 0.29) is 25.9 Å². The van der Waals surface area contributed by atoms with E-state index in [1.165, 1.54) is 6.92 Å². The van der Waals surface area contributed by atoms with Gasteiger partial charge in [-0.25, -0.2) is 4.57 Å². The van der Waals surface area contributed by atoms with Crippen LogP contribution in [0.1, 0.15) is 47.1 Å². The third-order valence-corrected chi connectivity index (χ3v) is 7.74. The first-order valence-corrected chi connectivity index (χ1v) is 18.8. The summed E-state index contributed by atoms with van der Waals surface area (Å²) in [5, 5.41) is 13.2. The molecule has 1 aliphatic rings. The molecule has 58 heavy (non-hydrogen) atoms. The first kappa shape index (κ1) is 47.5. The Hall–Kier alpha value is -6.64. The number of ether oxygens (including phenoxy) is 3. The zero-order valence-corrected chi connectivity index (χ0v) is 33.7. The van der Waals surface area contributed by atoms with Crippen LogP contribution in [0.5, 0.6) is 0 Å². The third kappa shape index (κ3) is 22.7. The monoisotopic (exact) mass is 791 g/mol. The van der Waals surface area contributed by atoms with Crippen molar-refractivity contribution in [2.45, 2.75) is 84.4 Å². The van der Waals surface area contributed by atoms with E-state index in [0.717, 1.165) is 5.56 Å². The van der Waals surface area contributed by atoms with Gasteiger partial charge in [0.15, 0.2) is 5.79 Å². The Morgan fingerprint density at radius 2 is 1.26 bits per heavy atom. The molecule has 2 rings (SSSR count). The predicted octanol–water partition coefficient (Wildman–Crippen LogP) is 3.22. The van der Waals surface area contributed by atoms with Crippen LogP contribution in [0.25, 0.3) is 0 Å². The highest BCUT2D eigenvalue weighted by Crippen LogP contribution is 2.51. The number of hydrogen-bond donors (Lipinski definition) is 2. The molecule has 1 aromatic carbocycles. The van der Waals surface area contributed by atoms with Crippen LogP contribution >= 0.6 is 7.82 Å². The second-order valence-electron chi connectivity index (χ2n) is 11.8. The highest BCUT2D eigenvalue weighted by molar-refractivity contribution is 7.48. The number of rotatable bonds is 14. The van der Waals surface area contributed by atoms with E-state index in [9.17, 15) is 14.5 Å². The second-order valence-corrected chi connectivity index (χ2v) is 13.5. The SMILES string of the molecule is CC#CC#CC#CC#CC#CC#CC#CC#CC#CC#CC#CC#CC(=O)N[C@@H](COP(=O)(OCc1ccccc1)OC[C@H]1COC(C)(C)O1)[C@H](OC(C)C)[C@@H](C)O. The minimum atomic E-state index is -4.29. The summed E-state index contributed by atoms with van der Waals surface area (Å²) in [6.07, 6.45) is -2.97. The lowest BCUT2D eigenvalue weighted by Crippen LogP contribution is -2.52. The third-order valence-electron chi connectivity index (χ3n) is 6.36. The number of amides is 1. The molecule has 0 aromatic heterocycles. The lowest BCUT2D eigenvalue weighted by atomic mass is 10.1. The Morgan fingerprint density at radius 3 is 1.69 bits per heavy atom. The van der Waals surface area contributed by atoms with Crippen LogP contribution in [-0.2, 0) is 43.7 Å². The molecular formula is C47H38NO9P. The lowest BCUT2D eigenvalue weighted by molar-refractivity contribution is -0.142. The summed E-state index contributed by atoms with van der Waals surface area (Å²) in [6.45, 7) is 9.69. The van der Waals surface area contributed by atoms with Gasteiger partial charge in [-0.3, -0.25) is 18.4 Å². The van der Waals surface area contributed by atoms with Gasteiger partial charge in [0.2, 0.25) is 0 Å². The van der Waals surface area contributed by atoms with Crippen molar-refractivity contribution in [2.75, 3.05) is 19.8 Å². The number of aliphatic hydroxyl groups excluding tert-OH is 1. The van der Waals surface area contributed by atoms with Gasteiger partial charge < -0.3 is 24.6 Å². The number of aliphatic hydroxyl groups is 1. The van der Waals surface area contributed by atoms with Crippen LogP contribution in [0.2, 0.25) is 0 Å². The summed E-state index contributed by atoms with van der Waals surface area (Å²) in [7, 11) is -4.29. The van der Waals surface area contributed by atoms with Gasteiger partial charge in [0, 0.05) is 41.4 Å². The summed E-state index contributed by atoms with van der Waals surface area (Å²) in [6, 6.07) is 7.96. The van der Waals surface area contributed by atoms with Crippen molar-refractivity contribution in [1.82, 2.24) is 5.32 Å². The van der Waals surface area contributed by atoms with E-state index in [2.05, 4.69) is 147 Å². The molecule has 0 saturated carbocycles. The van der Waals surface area contributed by atoms with Crippen molar-refractivity contribution >= 4 is 13.7 Å². The second kappa shape index (κ2) is 27.9. The smallest absolute Gasteiger partial charge is 0.391 e. The summed E-state index contributed by atoms with van der Waals surface area (Å²) >= 11 is 0. The molecule has 5 atom stereocenters. The molecule has 0 aliphatic carbocycles. The van der Waals surface area contributed by atoms with Crippen LogP contribution in [-0.4, -0.2) is 67.1 Å². The molecular weight excluding hydrogens is 753 g/mol. The number of phosphoric ester groups is 1. The molecule has 1 amide bonds. The van der Waals surface area contributed by atoms with Gasteiger partial charge in [0.05, 0.1) is 44.7 Å². The molecule has 1 unspecified atom stereocenters. The number of carbonyl (C=O) groups is 1. The average molecular weight is 792 g/mol. The Kier molecular flexibility index (Phi) is 22.8. The highest BCUT2D eigenvalue weighted by Gasteiger charge is 2.38. The molecule has 0 spiro atoms. The van der Waals surface area contributed by atoms with Crippen molar-refractivity contribution in [3.63, 3.8) is 0 Å². The fourth-order valence-corrected chi connectivity index (χ4v) is 5.31. The molecule has 0 bridgehead atoms. The van der Waals surface area contributed by atoms with Crippen LogP contribution in [0, 0.1) is 142 Å². The summed E-state index contributed by atoms with van der Waals surface area (Å²) < 4.78 is 48.2. The highest BCUT2D eigenvalue weighted by atomic mass is 31.2. The molecule has 1 fully saturated rings. The molecule has 1 aliphatic heterocycles. The number of hydrogen-bond acceptors (Lipinski definition) is 9. The Bertz CT molecular complexity index is 2440. The Labute approximate surface area is 342 Å². The van der Waals surface area contributed by atoms with E-state index in [0.29, 0.717) is 0 Å². The zero-order valence-electron chi connectivity index (χ0n) is 32.8. The lowest BCUT2D eigenvalue weighted by Gasteiger charge is -2.31. The van der Waals surface area contributed by atoms with Gasteiger partial charge in [0.25, 0.3) is 5.91 Å². The molecule has 1 saturated heterocycles. The molecule has 10 nitrogen and oxygen atoms in total. The quantitative estimate of drug-likeness (QED) is 0.216. The molecule has 0 radical (unpaired) electrons. The van der Waals surface area contributed by atoms with E-state index < -0.39 is 50.5 Å². The summed E-state index contributed by atoms with van der Waals surface area (Å²) in [4.78, 5) is 12.9. The minimum absolute atomic E-state index is 0.0961. The Balaban J connectivity index is 2.04. The topological polar surface area (TPSA) is 122 Å². The fourth-order valence-electron chi connectivity index (χ4n) is 4.09. The average Bonchev–Trinajstić information content (AvgIpc) is 3.55. The van der Waals surface area contributed by atoms with Crippen molar-refractivity contribution < 1.29 is 42.2 Å². The Morgan fingerprint density at radius 1 is 0.776 bits per heavy atom. The van der Waals surface area contributed by atoms with Crippen molar-refractivity contribution in [3.8, 4) is 142 Å². The maximum absolute atomic E-state index is 13.9. The van der Waals surface area contributed by atoms with Crippen LogP contribution in [0.3, 0.4) is 0 Å². The van der Waals surface area contributed by atoms with Crippen molar-refractivity contribution in [1.29, 1.82) is 0 Å². The van der Waals surface area contributed by atoms with Crippen LogP contribution in [0.15, 0.2) is 30.3 Å². The molecule has 1 aromatic rings. The van der Waals surface area contributed by atoms with Gasteiger partial charge in [-0.1, -0.05) is 36.3 Å². The minimum Gasteiger partial charge on any atom is -0.391 e. The number of nitrogens with one attached hydrogen (secondary N) is 1. The summed E-state index contributed by atoms with van der Waals surface area (Å²) in [5.41, 5.74) is 0.718. The fraction of sp³-hybridized carbons (Fsp3) is 0.340. The molecule has 290 valence electrons. The van der Waals surface area contributed by atoms with Gasteiger partial charge in [0.1, 0.15) is 12.2 Å². The van der Waals surface area contributed by atoms with E-state index in [1.54, 1.807) is 58.9 Å².